The number of ether oxygens (including phenoxy) is 3. The van der Waals surface area contributed by atoms with Gasteiger partial charge in [-0.25, -0.2) is 10.6 Å². The summed E-state index contributed by atoms with van der Waals surface area (Å²) in [6, 6.07) is 5.05. The van der Waals surface area contributed by atoms with Crippen molar-refractivity contribution in [3.8, 4) is 11.5 Å². The summed E-state index contributed by atoms with van der Waals surface area (Å²) in [6.45, 7) is 1.18. The fourth-order valence-corrected chi connectivity index (χ4v) is 3.22. The Balaban J connectivity index is 1.89. The van der Waals surface area contributed by atoms with E-state index in [0.717, 1.165) is 32.5 Å². The number of carbonyl (C=O) groups excluding carboxylic acids is 2. The van der Waals surface area contributed by atoms with Crippen LogP contribution in [-0.2, 0) is 9.53 Å². The number of halogens is 3. The summed E-state index contributed by atoms with van der Waals surface area (Å²) < 4.78 is 38.2. The van der Waals surface area contributed by atoms with Gasteiger partial charge in [-0.1, -0.05) is 6.07 Å². The van der Waals surface area contributed by atoms with E-state index in [4.69, 9.17) is 15.3 Å². The van der Waals surface area contributed by atoms with Crippen molar-refractivity contribution >= 4 is 34.5 Å². The van der Waals surface area contributed by atoms with E-state index in [-0.39, 0.29) is 25.5 Å². The van der Waals surface area contributed by atoms with Gasteiger partial charge in [-0.05, 0) is 26.1 Å². The van der Waals surface area contributed by atoms with Crippen molar-refractivity contribution < 1.29 is 37.7 Å². The van der Waals surface area contributed by atoms with Gasteiger partial charge in [0.15, 0.2) is 0 Å². The molecule has 1 heterocycles. The second-order valence-electron chi connectivity index (χ2n) is 6.93. The number of alkyl halides is 3. The van der Waals surface area contributed by atoms with Gasteiger partial charge < -0.3 is 19.3 Å². The van der Waals surface area contributed by atoms with Gasteiger partial charge in [0.2, 0.25) is 0 Å². The molecule has 3 atom stereocenters. The Morgan fingerprint density at radius 2 is 2.00 bits per heavy atom. The van der Waals surface area contributed by atoms with Crippen LogP contribution in [0, 0.1) is 0 Å². The summed E-state index contributed by atoms with van der Waals surface area (Å²) in [5.74, 6) is 5.15. The number of urea groups is 1. The maximum absolute atomic E-state index is 12.9. The Morgan fingerprint density at radius 3 is 2.58 bits per heavy atom. The summed E-state index contributed by atoms with van der Waals surface area (Å²) in [7, 11) is 2.95. The molecule has 0 bridgehead atoms. The molecule has 1 saturated heterocycles. The zero-order valence-corrected chi connectivity index (χ0v) is 19.4. The Bertz CT molecular complexity index is 797. The molecule has 0 aromatic heterocycles. The van der Waals surface area contributed by atoms with Crippen LogP contribution in [0.2, 0.25) is 0 Å². The molecule has 1 aromatic carbocycles. The highest BCUT2D eigenvalue weighted by Crippen LogP contribution is 2.41. The number of nitrogens with two attached hydrogens (primary N) is 1. The van der Waals surface area contributed by atoms with Crippen molar-refractivity contribution in [2.24, 2.45) is 5.84 Å². The number of rotatable bonds is 10. The van der Waals surface area contributed by atoms with Crippen molar-refractivity contribution in [1.82, 2.24) is 14.8 Å². The van der Waals surface area contributed by atoms with Crippen LogP contribution in [0.5, 0.6) is 11.5 Å². The summed E-state index contributed by atoms with van der Waals surface area (Å²) in [5.41, 5.74) is -1.11. The van der Waals surface area contributed by atoms with Crippen LogP contribution >= 0.6 is 22.6 Å². The molecule has 174 valence electrons. The van der Waals surface area contributed by atoms with Crippen molar-refractivity contribution in [2.75, 3.05) is 40.5 Å². The van der Waals surface area contributed by atoms with Gasteiger partial charge in [0.1, 0.15) is 29.9 Å². The molecule has 1 aliphatic rings. The molecular formula is C18H25F2IN4O6. The summed E-state index contributed by atoms with van der Waals surface area (Å²) in [6.07, 6.45) is -0.618. The van der Waals surface area contributed by atoms with Crippen molar-refractivity contribution in [3.63, 3.8) is 0 Å². The molecule has 2 rings (SSSR count). The van der Waals surface area contributed by atoms with Crippen molar-refractivity contribution in [2.45, 2.75) is 22.8 Å². The van der Waals surface area contributed by atoms with Gasteiger partial charge in [0, 0.05) is 13.1 Å². The first-order chi connectivity index (χ1) is 14.4. The first kappa shape index (κ1) is 25.5. The van der Waals surface area contributed by atoms with E-state index in [0.29, 0.717) is 5.75 Å². The van der Waals surface area contributed by atoms with Gasteiger partial charge in [0.05, 0.1) is 42.3 Å². The summed E-state index contributed by atoms with van der Waals surface area (Å²) in [4.78, 5) is 27.5. The number of amides is 3. The maximum Gasteiger partial charge on any atom is 0.451 e. The van der Waals surface area contributed by atoms with Crippen LogP contribution < -0.4 is 15.3 Å². The molecule has 0 saturated carbocycles. The molecule has 13 heteroatoms. The molecule has 2 unspecified atom stereocenters. The first-order valence-corrected chi connectivity index (χ1v) is 10.3. The van der Waals surface area contributed by atoms with Crippen LogP contribution in [0.25, 0.3) is 0 Å². The largest absolute Gasteiger partial charge is 0.491 e. The normalized spacial score (nSPS) is 22.6. The van der Waals surface area contributed by atoms with Crippen molar-refractivity contribution in [3.05, 3.63) is 24.3 Å². The predicted molar refractivity (Wildman–Crippen MR) is 114 cm³/mol. The minimum Gasteiger partial charge on any atom is -0.491 e. The molecule has 1 fully saturated rings. The number of likely N-dealkylation sites (N-methyl/N-ethyl adjacent to an activating group) is 1. The Labute approximate surface area is 191 Å². The second-order valence-corrected chi connectivity index (χ2v) is 8.18. The van der Waals surface area contributed by atoms with E-state index in [1.807, 2.05) is 0 Å². The molecule has 3 amide bonds. The second kappa shape index (κ2) is 10.2. The van der Waals surface area contributed by atoms with Crippen molar-refractivity contribution in [1.29, 1.82) is 0 Å². The van der Waals surface area contributed by atoms with Crippen LogP contribution in [0.1, 0.15) is 6.92 Å². The van der Waals surface area contributed by atoms with E-state index in [1.54, 1.807) is 24.9 Å². The molecular weight excluding hydrogens is 533 g/mol. The van der Waals surface area contributed by atoms with Gasteiger partial charge in [-0.3, -0.25) is 19.6 Å². The average Bonchev–Trinajstić information content (AvgIpc) is 3.21. The molecule has 0 radical (unpaired) electrons. The molecule has 3 N–H and O–H groups in total. The molecule has 1 aliphatic heterocycles. The molecule has 0 spiro atoms. The van der Waals surface area contributed by atoms with Gasteiger partial charge >= 0.3 is 10.1 Å². The lowest BCUT2D eigenvalue weighted by Gasteiger charge is -2.25. The number of nitrogens with zero attached hydrogens (tertiary/aromatic N) is 3. The third-order valence-corrected chi connectivity index (χ3v) is 4.92. The first-order valence-electron chi connectivity index (χ1n) is 9.20. The topological polar surface area (TPSA) is 118 Å². The number of carbonyl (C=O) groups is 2. The molecule has 0 aliphatic carbocycles. The minimum absolute atomic E-state index is 0.0450. The molecule has 10 nitrogen and oxygen atoms in total. The quantitative estimate of drug-likeness (QED) is 0.0838. The number of benzene rings is 1. The smallest absolute Gasteiger partial charge is 0.451 e. The highest BCUT2D eigenvalue weighted by molar-refractivity contribution is 14.1. The van der Waals surface area contributed by atoms with Gasteiger partial charge in [-0.15, -0.1) is 0 Å². The van der Waals surface area contributed by atoms with E-state index < -0.39 is 34.4 Å². The Kier molecular flexibility index (Phi) is 8.38. The zero-order valence-electron chi connectivity index (χ0n) is 17.3. The Hall–Kier alpha value is -1.81. The number of hydrogen-bond donors (Lipinski definition) is 2. The number of aliphatic hydroxyl groups excluding tert-OH is 1. The van der Waals surface area contributed by atoms with Gasteiger partial charge in [0.25, 0.3) is 5.91 Å². The van der Waals surface area contributed by atoms with E-state index in [2.05, 4.69) is 4.74 Å². The maximum atomic E-state index is 12.9. The molecule has 31 heavy (non-hydrogen) atoms. The third-order valence-electron chi connectivity index (χ3n) is 4.70. The van der Waals surface area contributed by atoms with E-state index >= 15 is 0 Å². The highest BCUT2D eigenvalue weighted by atomic mass is 127. The number of aliphatic hydroxyl groups is 1. The lowest BCUT2D eigenvalue weighted by molar-refractivity contribution is -0.133. The lowest BCUT2D eigenvalue weighted by atomic mass is 10.1. The van der Waals surface area contributed by atoms with Crippen LogP contribution in [0.4, 0.5) is 13.6 Å². The minimum atomic E-state index is -3.34. The van der Waals surface area contributed by atoms with Crippen LogP contribution in [-0.4, -0.2) is 88.2 Å². The fraction of sp³-hybridized carbons (Fsp3) is 0.556. The standard InChI is InChI=1S/C18H25F2IN4O6/c1-17(14(27)25(7-8-26)16(28)24(3)22)15(23(17)2)30-10-9-29-12-5-4-6-13(11-12)31-18(19,20)21/h4-6,11,15,26H,7-10,22H2,1-3H3/t15-,17?,23?/m1/s1. The Morgan fingerprint density at radius 1 is 1.35 bits per heavy atom. The SMILES string of the molecule is CN(N)C(=O)N(CCO)C(=O)C1(C)[C@@H](OCCOc2cccc(OC(F)(F)I)c2)N1C. The van der Waals surface area contributed by atoms with E-state index in [9.17, 15) is 23.5 Å². The van der Waals surface area contributed by atoms with Gasteiger partial charge in [-0.2, -0.15) is 8.78 Å². The van der Waals surface area contributed by atoms with E-state index in [1.165, 1.54) is 25.2 Å². The lowest BCUT2D eigenvalue weighted by Crippen LogP contribution is -2.53. The average molecular weight is 558 g/mol. The zero-order chi connectivity index (χ0) is 23.4. The fourth-order valence-electron chi connectivity index (χ4n) is 2.97. The third kappa shape index (κ3) is 6.35. The van der Waals surface area contributed by atoms with Crippen LogP contribution in [0.3, 0.4) is 0 Å². The monoisotopic (exact) mass is 558 g/mol. The molecule has 1 aromatic rings. The number of imide groups is 1. The number of hydrazine groups is 1. The number of hydrogen-bond acceptors (Lipinski definition) is 8. The highest BCUT2D eigenvalue weighted by Gasteiger charge is 2.65. The summed E-state index contributed by atoms with van der Waals surface area (Å²) >= 11 is 0.871. The summed E-state index contributed by atoms with van der Waals surface area (Å²) in [5, 5.41) is 9.94. The van der Waals surface area contributed by atoms with Crippen LogP contribution in [0.15, 0.2) is 24.3 Å². The predicted octanol–water partition coefficient (Wildman–Crippen LogP) is 1.22.